The molecule has 0 saturated heterocycles. The number of benzene rings is 1. The summed E-state index contributed by atoms with van der Waals surface area (Å²) in [6.07, 6.45) is 1.45. The molecule has 0 atom stereocenters. The molecule has 0 aliphatic carbocycles. The number of nitrogens with one attached hydrogen (secondary N) is 1. The standard InChI is InChI=1S/C12H8N2O2S/c13-8-17-10-5-3-9(4-6-10)14-12(15)11-2-1-7-16-11/h1-7H,(H,14,15). The van der Waals surface area contributed by atoms with Gasteiger partial charge in [-0.15, -0.1) is 0 Å². The molecule has 0 fully saturated rings. The van der Waals surface area contributed by atoms with Gasteiger partial charge in [0, 0.05) is 10.6 Å². The molecule has 5 heteroatoms. The van der Waals surface area contributed by atoms with E-state index in [4.69, 9.17) is 9.68 Å². The SMILES string of the molecule is N#CSc1ccc(NC(=O)c2ccco2)cc1. The molecular weight excluding hydrogens is 236 g/mol. The van der Waals surface area contributed by atoms with Crippen molar-refractivity contribution in [1.82, 2.24) is 0 Å². The van der Waals surface area contributed by atoms with E-state index in [0.29, 0.717) is 5.69 Å². The summed E-state index contributed by atoms with van der Waals surface area (Å²) < 4.78 is 4.97. The minimum Gasteiger partial charge on any atom is -0.459 e. The van der Waals surface area contributed by atoms with Gasteiger partial charge in [0.15, 0.2) is 5.76 Å². The van der Waals surface area contributed by atoms with Gasteiger partial charge in [-0.2, -0.15) is 5.26 Å². The Bertz CT molecular complexity index is 541. The van der Waals surface area contributed by atoms with E-state index in [2.05, 4.69) is 5.32 Å². The van der Waals surface area contributed by atoms with Crippen molar-refractivity contribution in [1.29, 1.82) is 5.26 Å². The molecule has 0 saturated carbocycles. The predicted molar refractivity (Wildman–Crippen MR) is 64.6 cm³/mol. The molecule has 1 aromatic carbocycles. The maximum atomic E-state index is 11.6. The Labute approximate surface area is 102 Å². The summed E-state index contributed by atoms with van der Waals surface area (Å²) in [6.45, 7) is 0. The van der Waals surface area contributed by atoms with Crippen molar-refractivity contribution in [3.8, 4) is 5.40 Å². The van der Waals surface area contributed by atoms with Gasteiger partial charge in [-0.3, -0.25) is 4.79 Å². The molecule has 1 N–H and O–H groups in total. The monoisotopic (exact) mass is 244 g/mol. The summed E-state index contributed by atoms with van der Waals surface area (Å²) in [7, 11) is 0. The summed E-state index contributed by atoms with van der Waals surface area (Å²) >= 11 is 1.07. The Hall–Kier alpha value is -2.19. The zero-order chi connectivity index (χ0) is 12.1. The van der Waals surface area contributed by atoms with Crippen molar-refractivity contribution in [2.24, 2.45) is 0 Å². The van der Waals surface area contributed by atoms with Crippen molar-refractivity contribution < 1.29 is 9.21 Å². The van der Waals surface area contributed by atoms with Gasteiger partial charge in [-0.1, -0.05) is 0 Å². The average molecular weight is 244 g/mol. The normalized spacial score (nSPS) is 9.59. The highest BCUT2D eigenvalue weighted by molar-refractivity contribution is 8.03. The van der Waals surface area contributed by atoms with Crippen LogP contribution in [0.4, 0.5) is 5.69 Å². The van der Waals surface area contributed by atoms with E-state index in [-0.39, 0.29) is 11.7 Å². The minimum absolute atomic E-state index is 0.264. The largest absolute Gasteiger partial charge is 0.459 e. The molecule has 0 aliphatic heterocycles. The third-order valence-corrected chi connectivity index (χ3v) is 2.62. The van der Waals surface area contributed by atoms with Gasteiger partial charge in [-0.05, 0) is 48.2 Å². The lowest BCUT2D eigenvalue weighted by Crippen LogP contribution is -2.10. The van der Waals surface area contributed by atoms with Gasteiger partial charge in [-0.25, -0.2) is 0 Å². The second-order valence-electron chi connectivity index (χ2n) is 3.15. The van der Waals surface area contributed by atoms with E-state index < -0.39 is 0 Å². The molecule has 0 aliphatic rings. The average Bonchev–Trinajstić information content (AvgIpc) is 2.86. The molecule has 1 aromatic heterocycles. The molecular formula is C12H8N2O2S. The summed E-state index contributed by atoms with van der Waals surface area (Å²) in [5.41, 5.74) is 0.661. The first-order chi connectivity index (χ1) is 8.29. The predicted octanol–water partition coefficient (Wildman–Crippen LogP) is 3.11. The molecule has 2 aromatic rings. The Kier molecular flexibility index (Phi) is 3.48. The molecule has 0 radical (unpaired) electrons. The van der Waals surface area contributed by atoms with Crippen LogP contribution in [0.15, 0.2) is 52.0 Å². The zero-order valence-corrected chi connectivity index (χ0v) is 9.53. The van der Waals surface area contributed by atoms with Gasteiger partial charge < -0.3 is 9.73 Å². The van der Waals surface area contributed by atoms with Gasteiger partial charge >= 0.3 is 0 Å². The van der Waals surface area contributed by atoms with E-state index in [1.165, 1.54) is 6.26 Å². The lowest BCUT2D eigenvalue weighted by Gasteiger charge is -2.03. The second kappa shape index (κ2) is 5.23. The maximum absolute atomic E-state index is 11.6. The Morgan fingerprint density at radius 3 is 2.65 bits per heavy atom. The highest BCUT2D eigenvalue weighted by Crippen LogP contribution is 2.19. The third kappa shape index (κ3) is 2.89. The fourth-order valence-corrected chi connectivity index (χ4v) is 1.64. The molecule has 1 heterocycles. The van der Waals surface area contributed by atoms with Crippen molar-refractivity contribution in [2.45, 2.75) is 4.90 Å². The smallest absolute Gasteiger partial charge is 0.291 e. The van der Waals surface area contributed by atoms with Crippen LogP contribution in [-0.4, -0.2) is 5.91 Å². The van der Waals surface area contributed by atoms with Crippen LogP contribution < -0.4 is 5.32 Å². The van der Waals surface area contributed by atoms with Crippen molar-refractivity contribution in [3.63, 3.8) is 0 Å². The third-order valence-electron chi connectivity index (χ3n) is 2.02. The van der Waals surface area contributed by atoms with Gasteiger partial charge in [0.25, 0.3) is 5.91 Å². The molecule has 2 rings (SSSR count). The number of carbonyl (C=O) groups is 1. The number of nitrogens with zero attached hydrogens (tertiary/aromatic N) is 1. The van der Waals surface area contributed by atoms with Crippen molar-refractivity contribution >= 4 is 23.4 Å². The second-order valence-corrected chi connectivity index (χ2v) is 4.01. The van der Waals surface area contributed by atoms with E-state index >= 15 is 0 Å². The number of rotatable bonds is 3. The molecule has 17 heavy (non-hydrogen) atoms. The number of thiocyanates is 1. The number of amides is 1. The molecule has 0 spiro atoms. The number of carbonyl (C=O) groups excluding carboxylic acids is 1. The molecule has 0 unspecified atom stereocenters. The van der Waals surface area contributed by atoms with Crippen LogP contribution in [-0.2, 0) is 0 Å². The number of furan rings is 1. The van der Waals surface area contributed by atoms with Crippen LogP contribution in [0.1, 0.15) is 10.6 Å². The van der Waals surface area contributed by atoms with Crippen molar-refractivity contribution in [3.05, 3.63) is 48.4 Å². The van der Waals surface area contributed by atoms with Crippen LogP contribution >= 0.6 is 11.8 Å². The van der Waals surface area contributed by atoms with E-state index in [1.54, 1.807) is 36.4 Å². The highest BCUT2D eigenvalue weighted by Gasteiger charge is 2.08. The number of hydrogen-bond acceptors (Lipinski definition) is 4. The molecule has 4 nitrogen and oxygen atoms in total. The number of nitriles is 1. The quantitative estimate of drug-likeness (QED) is 0.665. The van der Waals surface area contributed by atoms with E-state index in [1.807, 2.05) is 5.40 Å². The lowest BCUT2D eigenvalue weighted by atomic mass is 10.3. The summed E-state index contributed by atoms with van der Waals surface area (Å²) in [5.74, 6) is -0.0313. The van der Waals surface area contributed by atoms with E-state index in [0.717, 1.165) is 16.7 Å². The fraction of sp³-hybridized carbons (Fsp3) is 0. The van der Waals surface area contributed by atoms with Gasteiger partial charge in [0.05, 0.1) is 6.26 Å². The van der Waals surface area contributed by atoms with Crippen LogP contribution in [0.5, 0.6) is 0 Å². The highest BCUT2D eigenvalue weighted by atomic mass is 32.2. The molecule has 84 valence electrons. The number of thioether (sulfide) groups is 1. The fourth-order valence-electron chi connectivity index (χ4n) is 1.26. The lowest BCUT2D eigenvalue weighted by molar-refractivity contribution is 0.0996. The number of hydrogen-bond donors (Lipinski definition) is 1. The Morgan fingerprint density at radius 1 is 1.29 bits per heavy atom. The first kappa shape index (κ1) is 11.3. The van der Waals surface area contributed by atoms with E-state index in [9.17, 15) is 4.79 Å². The molecule has 1 amide bonds. The Balaban J connectivity index is 2.05. The van der Waals surface area contributed by atoms with Crippen molar-refractivity contribution in [2.75, 3.05) is 5.32 Å². The van der Waals surface area contributed by atoms with Crippen LogP contribution in [0.2, 0.25) is 0 Å². The van der Waals surface area contributed by atoms with Crippen LogP contribution in [0.3, 0.4) is 0 Å². The number of anilines is 1. The minimum atomic E-state index is -0.296. The van der Waals surface area contributed by atoms with Crippen LogP contribution in [0.25, 0.3) is 0 Å². The van der Waals surface area contributed by atoms with Crippen LogP contribution in [0, 0.1) is 10.7 Å². The summed E-state index contributed by atoms with van der Waals surface area (Å²) in [5, 5.41) is 13.2. The van der Waals surface area contributed by atoms with Gasteiger partial charge in [0.2, 0.25) is 0 Å². The first-order valence-corrected chi connectivity index (χ1v) is 5.62. The van der Waals surface area contributed by atoms with Gasteiger partial charge in [0.1, 0.15) is 5.40 Å². The topological polar surface area (TPSA) is 66.0 Å². The zero-order valence-electron chi connectivity index (χ0n) is 8.71. The summed E-state index contributed by atoms with van der Waals surface area (Å²) in [4.78, 5) is 12.5. The molecule has 0 bridgehead atoms. The first-order valence-electron chi connectivity index (χ1n) is 4.80. The summed E-state index contributed by atoms with van der Waals surface area (Å²) in [6, 6.07) is 10.3. The Morgan fingerprint density at radius 2 is 2.06 bits per heavy atom. The maximum Gasteiger partial charge on any atom is 0.291 e.